The Labute approximate surface area is 99.3 Å². The van der Waals surface area contributed by atoms with Crippen molar-refractivity contribution in [3.8, 4) is 0 Å². The summed E-state index contributed by atoms with van der Waals surface area (Å²) < 4.78 is 0. The maximum absolute atomic E-state index is 3.70. The van der Waals surface area contributed by atoms with E-state index in [1.54, 1.807) is 11.1 Å². The van der Waals surface area contributed by atoms with Crippen LogP contribution in [0, 0.1) is 0 Å². The highest BCUT2D eigenvalue weighted by Crippen LogP contribution is 2.20. The Morgan fingerprint density at radius 3 is 2.81 bits per heavy atom. The van der Waals surface area contributed by atoms with Crippen molar-refractivity contribution in [2.45, 2.75) is 51.5 Å². The van der Waals surface area contributed by atoms with E-state index in [2.05, 4.69) is 36.5 Å². The van der Waals surface area contributed by atoms with E-state index in [1.807, 2.05) is 0 Å². The van der Waals surface area contributed by atoms with E-state index < -0.39 is 0 Å². The molecule has 0 amide bonds. The van der Waals surface area contributed by atoms with Crippen molar-refractivity contribution in [2.24, 2.45) is 0 Å². The molecule has 1 heteroatoms. The first-order valence-electron chi connectivity index (χ1n) is 6.70. The Morgan fingerprint density at radius 1 is 1.19 bits per heavy atom. The lowest BCUT2D eigenvalue weighted by molar-refractivity contribution is 0.450. The van der Waals surface area contributed by atoms with Crippen LogP contribution >= 0.6 is 0 Å². The number of rotatable bonds is 5. The molecule has 1 aromatic carbocycles. The molecule has 1 aliphatic rings. The van der Waals surface area contributed by atoms with Gasteiger partial charge in [-0.25, -0.2) is 0 Å². The third-order valence-electron chi connectivity index (χ3n) is 3.56. The molecule has 88 valence electrons. The number of unbranched alkanes of at least 4 members (excludes halogenated alkanes) is 2. The quantitative estimate of drug-likeness (QED) is 0.746. The first kappa shape index (κ1) is 11.7. The molecular weight excluding hydrogens is 194 g/mol. The molecule has 0 radical (unpaired) electrons. The highest BCUT2D eigenvalue weighted by molar-refractivity contribution is 5.30. The fourth-order valence-electron chi connectivity index (χ4n) is 2.55. The molecule has 0 aliphatic heterocycles. The minimum Gasteiger partial charge on any atom is -0.314 e. The minimum absolute atomic E-state index is 0.715. The summed E-state index contributed by atoms with van der Waals surface area (Å²) in [7, 11) is 0. The van der Waals surface area contributed by atoms with Crippen LogP contribution in [0.5, 0.6) is 0 Å². The van der Waals surface area contributed by atoms with Crippen LogP contribution in [0.3, 0.4) is 0 Å². The number of aryl methyl sites for hydroxylation is 1. The molecule has 0 bridgehead atoms. The number of fused-ring (bicyclic) bond motifs is 1. The van der Waals surface area contributed by atoms with E-state index in [1.165, 1.54) is 45.1 Å². The van der Waals surface area contributed by atoms with Gasteiger partial charge in [0, 0.05) is 6.04 Å². The van der Waals surface area contributed by atoms with E-state index in [0.29, 0.717) is 6.04 Å². The van der Waals surface area contributed by atoms with Gasteiger partial charge in [-0.2, -0.15) is 0 Å². The molecule has 1 aliphatic carbocycles. The molecule has 0 spiro atoms. The van der Waals surface area contributed by atoms with Gasteiger partial charge in [-0.05, 0) is 43.4 Å². The average molecular weight is 217 g/mol. The Hall–Kier alpha value is -0.820. The topological polar surface area (TPSA) is 12.0 Å². The Balaban J connectivity index is 1.79. The van der Waals surface area contributed by atoms with Crippen molar-refractivity contribution >= 4 is 0 Å². The molecule has 0 heterocycles. The number of hydrogen-bond donors (Lipinski definition) is 1. The summed E-state index contributed by atoms with van der Waals surface area (Å²) in [4.78, 5) is 0. The second-order valence-electron chi connectivity index (χ2n) is 4.87. The summed E-state index contributed by atoms with van der Waals surface area (Å²) in [5.74, 6) is 0. The summed E-state index contributed by atoms with van der Waals surface area (Å²) >= 11 is 0. The smallest absolute Gasteiger partial charge is 0.0111 e. The van der Waals surface area contributed by atoms with Gasteiger partial charge in [0.25, 0.3) is 0 Å². The number of hydrogen-bond acceptors (Lipinski definition) is 1. The van der Waals surface area contributed by atoms with Crippen LogP contribution in [0.2, 0.25) is 0 Å². The second kappa shape index (κ2) is 6.05. The van der Waals surface area contributed by atoms with Crippen LogP contribution in [0.1, 0.15) is 43.7 Å². The standard InChI is InChI=1S/C15H23N/c1-2-3-6-11-16-15-10-9-13-7-4-5-8-14(13)12-15/h4-5,7-8,15-16H,2-3,6,9-12H2,1H3. The highest BCUT2D eigenvalue weighted by Gasteiger charge is 2.16. The van der Waals surface area contributed by atoms with Gasteiger partial charge < -0.3 is 5.32 Å². The zero-order valence-corrected chi connectivity index (χ0v) is 10.3. The van der Waals surface area contributed by atoms with Crippen LogP contribution in [0.15, 0.2) is 24.3 Å². The molecule has 1 nitrogen and oxygen atoms in total. The van der Waals surface area contributed by atoms with Gasteiger partial charge in [-0.1, -0.05) is 44.0 Å². The maximum atomic E-state index is 3.70. The lowest BCUT2D eigenvalue weighted by atomic mass is 9.88. The largest absolute Gasteiger partial charge is 0.314 e. The molecule has 1 atom stereocenters. The van der Waals surface area contributed by atoms with Gasteiger partial charge in [0.05, 0.1) is 0 Å². The monoisotopic (exact) mass is 217 g/mol. The average Bonchev–Trinajstić information content (AvgIpc) is 2.34. The molecule has 2 rings (SSSR count). The van der Waals surface area contributed by atoms with Crippen LogP contribution < -0.4 is 5.32 Å². The fourth-order valence-corrected chi connectivity index (χ4v) is 2.55. The summed E-state index contributed by atoms with van der Waals surface area (Å²) in [6, 6.07) is 9.61. The molecule has 0 aromatic heterocycles. The molecular formula is C15H23N. The minimum atomic E-state index is 0.715. The summed E-state index contributed by atoms with van der Waals surface area (Å²) in [6.07, 6.45) is 7.78. The van der Waals surface area contributed by atoms with E-state index >= 15 is 0 Å². The summed E-state index contributed by atoms with van der Waals surface area (Å²) in [5.41, 5.74) is 3.12. The fraction of sp³-hybridized carbons (Fsp3) is 0.600. The normalized spacial score (nSPS) is 19.4. The predicted octanol–water partition coefficient (Wildman–Crippen LogP) is 3.32. The van der Waals surface area contributed by atoms with E-state index in [0.717, 1.165) is 0 Å². The lowest BCUT2D eigenvalue weighted by Gasteiger charge is -2.25. The zero-order chi connectivity index (χ0) is 11.2. The van der Waals surface area contributed by atoms with Gasteiger partial charge in [-0.15, -0.1) is 0 Å². The van der Waals surface area contributed by atoms with Crippen LogP contribution in [0.4, 0.5) is 0 Å². The van der Waals surface area contributed by atoms with Crippen molar-refractivity contribution in [3.63, 3.8) is 0 Å². The first-order chi connectivity index (χ1) is 7.90. The summed E-state index contributed by atoms with van der Waals surface area (Å²) in [5, 5.41) is 3.70. The SMILES string of the molecule is CCCCCNC1CCc2ccccc2C1. The maximum Gasteiger partial charge on any atom is 0.0111 e. The third-order valence-corrected chi connectivity index (χ3v) is 3.56. The van der Waals surface area contributed by atoms with E-state index in [-0.39, 0.29) is 0 Å². The molecule has 1 N–H and O–H groups in total. The van der Waals surface area contributed by atoms with Crippen molar-refractivity contribution in [2.75, 3.05) is 6.54 Å². The van der Waals surface area contributed by atoms with Gasteiger partial charge in [0.2, 0.25) is 0 Å². The Morgan fingerprint density at radius 2 is 2.00 bits per heavy atom. The second-order valence-corrected chi connectivity index (χ2v) is 4.87. The van der Waals surface area contributed by atoms with Gasteiger partial charge in [0.15, 0.2) is 0 Å². The van der Waals surface area contributed by atoms with Crippen molar-refractivity contribution in [1.82, 2.24) is 5.32 Å². The molecule has 0 saturated heterocycles. The van der Waals surface area contributed by atoms with Crippen molar-refractivity contribution in [3.05, 3.63) is 35.4 Å². The number of benzene rings is 1. The van der Waals surface area contributed by atoms with Gasteiger partial charge in [0.1, 0.15) is 0 Å². The van der Waals surface area contributed by atoms with Crippen LogP contribution in [-0.2, 0) is 12.8 Å². The molecule has 1 unspecified atom stereocenters. The third kappa shape index (κ3) is 3.08. The molecule has 1 aromatic rings. The predicted molar refractivity (Wildman–Crippen MR) is 69.8 cm³/mol. The molecule has 16 heavy (non-hydrogen) atoms. The Bertz CT molecular complexity index is 319. The molecule has 0 fully saturated rings. The van der Waals surface area contributed by atoms with Gasteiger partial charge in [-0.3, -0.25) is 0 Å². The Kier molecular flexibility index (Phi) is 4.41. The zero-order valence-electron chi connectivity index (χ0n) is 10.3. The van der Waals surface area contributed by atoms with E-state index in [4.69, 9.17) is 0 Å². The van der Waals surface area contributed by atoms with Crippen molar-refractivity contribution in [1.29, 1.82) is 0 Å². The number of nitrogens with one attached hydrogen (secondary N) is 1. The summed E-state index contributed by atoms with van der Waals surface area (Å²) in [6.45, 7) is 3.46. The lowest BCUT2D eigenvalue weighted by Crippen LogP contribution is -2.35. The van der Waals surface area contributed by atoms with Crippen molar-refractivity contribution < 1.29 is 0 Å². The van der Waals surface area contributed by atoms with Gasteiger partial charge >= 0.3 is 0 Å². The van der Waals surface area contributed by atoms with Crippen LogP contribution in [-0.4, -0.2) is 12.6 Å². The molecule has 0 saturated carbocycles. The van der Waals surface area contributed by atoms with Crippen LogP contribution in [0.25, 0.3) is 0 Å². The first-order valence-corrected chi connectivity index (χ1v) is 6.70. The highest BCUT2D eigenvalue weighted by atomic mass is 14.9. The van der Waals surface area contributed by atoms with E-state index in [9.17, 15) is 0 Å².